The first-order valence-electron chi connectivity index (χ1n) is 6.32. The van der Waals surface area contributed by atoms with Crippen LogP contribution in [0.25, 0.3) is 0 Å². The van der Waals surface area contributed by atoms with Gasteiger partial charge in [-0.25, -0.2) is 0 Å². The van der Waals surface area contributed by atoms with Gasteiger partial charge in [-0.05, 0) is 31.8 Å². The maximum Gasteiger partial charge on any atom is 0.0149 e. The van der Waals surface area contributed by atoms with E-state index in [1.54, 1.807) is 0 Å². The first kappa shape index (κ1) is 11.7. The van der Waals surface area contributed by atoms with Crippen molar-refractivity contribution in [3.05, 3.63) is 0 Å². The minimum Gasteiger partial charge on any atom is -0.316 e. The van der Waals surface area contributed by atoms with Crippen molar-refractivity contribution in [2.45, 2.75) is 37.2 Å². The zero-order valence-electron chi connectivity index (χ0n) is 10.0. The molecule has 2 aliphatic rings. The Morgan fingerprint density at radius 2 is 2.00 bits per heavy atom. The van der Waals surface area contributed by atoms with Crippen LogP contribution >= 0.6 is 11.8 Å². The van der Waals surface area contributed by atoms with Crippen LogP contribution in [0.15, 0.2) is 0 Å². The molecule has 3 unspecified atom stereocenters. The summed E-state index contributed by atoms with van der Waals surface area (Å²) in [7, 11) is 0. The molecule has 15 heavy (non-hydrogen) atoms. The zero-order chi connectivity index (χ0) is 10.7. The summed E-state index contributed by atoms with van der Waals surface area (Å²) in [5, 5.41) is 5.16. The summed E-state index contributed by atoms with van der Waals surface area (Å²) < 4.78 is 0. The van der Waals surface area contributed by atoms with Gasteiger partial charge in [0.15, 0.2) is 0 Å². The Morgan fingerprint density at radius 3 is 2.60 bits per heavy atom. The number of thioether (sulfide) groups is 1. The summed E-state index contributed by atoms with van der Waals surface area (Å²) >= 11 is 2.15. The summed E-state index contributed by atoms with van der Waals surface area (Å²) in [6.07, 6.45) is 2.80. The molecule has 2 rings (SSSR count). The smallest absolute Gasteiger partial charge is 0.0149 e. The van der Waals surface area contributed by atoms with E-state index in [0.29, 0.717) is 0 Å². The second kappa shape index (κ2) is 5.55. The van der Waals surface area contributed by atoms with Crippen molar-refractivity contribution >= 4 is 11.8 Å². The van der Waals surface area contributed by atoms with Crippen molar-refractivity contribution < 1.29 is 0 Å². The predicted octanol–water partition coefficient (Wildman–Crippen LogP) is 1.81. The highest BCUT2D eigenvalue weighted by Gasteiger charge is 2.24. The Bertz CT molecular complexity index is 182. The van der Waals surface area contributed by atoms with Crippen molar-refractivity contribution in [2.75, 3.05) is 32.7 Å². The summed E-state index contributed by atoms with van der Waals surface area (Å²) in [5.74, 6) is 0.904. The van der Waals surface area contributed by atoms with Crippen LogP contribution in [-0.2, 0) is 0 Å². The van der Waals surface area contributed by atoms with Gasteiger partial charge in [0.1, 0.15) is 0 Å². The topological polar surface area (TPSA) is 15.3 Å². The molecule has 88 valence electrons. The molecule has 0 saturated carbocycles. The molecular weight excluding hydrogens is 204 g/mol. The molecule has 0 aromatic carbocycles. The average Bonchev–Trinajstić information content (AvgIpc) is 2.17. The lowest BCUT2D eigenvalue weighted by atomic mass is 9.99. The van der Waals surface area contributed by atoms with E-state index >= 15 is 0 Å². The summed E-state index contributed by atoms with van der Waals surface area (Å²) in [6, 6.07) is 0. The standard InChI is InChI=1S/C12H24N2S/c1-10-7-14(8-11(2)15-10)9-12-4-3-5-13-6-12/h10-13H,3-9H2,1-2H3. The van der Waals surface area contributed by atoms with Gasteiger partial charge in [-0.3, -0.25) is 0 Å². The van der Waals surface area contributed by atoms with E-state index in [9.17, 15) is 0 Å². The van der Waals surface area contributed by atoms with Gasteiger partial charge < -0.3 is 10.2 Å². The maximum absolute atomic E-state index is 3.51. The Morgan fingerprint density at radius 1 is 1.27 bits per heavy atom. The first-order chi connectivity index (χ1) is 7.24. The van der Waals surface area contributed by atoms with Gasteiger partial charge in [-0.1, -0.05) is 13.8 Å². The number of nitrogens with one attached hydrogen (secondary N) is 1. The molecule has 3 heteroatoms. The Kier molecular flexibility index (Phi) is 4.35. The van der Waals surface area contributed by atoms with Crippen LogP contribution in [0, 0.1) is 5.92 Å². The van der Waals surface area contributed by atoms with Crippen LogP contribution in [0.2, 0.25) is 0 Å². The van der Waals surface area contributed by atoms with Crippen LogP contribution in [0.5, 0.6) is 0 Å². The molecule has 1 N–H and O–H groups in total. The van der Waals surface area contributed by atoms with E-state index in [0.717, 1.165) is 16.4 Å². The molecule has 0 spiro atoms. The third-order valence-electron chi connectivity index (χ3n) is 3.41. The van der Waals surface area contributed by atoms with Crippen molar-refractivity contribution in [3.63, 3.8) is 0 Å². The summed E-state index contributed by atoms with van der Waals surface area (Å²) in [5.41, 5.74) is 0. The van der Waals surface area contributed by atoms with Gasteiger partial charge in [-0.2, -0.15) is 11.8 Å². The molecule has 0 radical (unpaired) electrons. The number of hydrogen-bond acceptors (Lipinski definition) is 3. The monoisotopic (exact) mass is 228 g/mol. The molecule has 2 fully saturated rings. The van der Waals surface area contributed by atoms with Crippen molar-refractivity contribution in [2.24, 2.45) is 5.92 Å². The van der Waals surface area contributed by atoms with Gasteiger partial charge in [0, 0.05) is 30.1 Å². The minimum absolute atomic E-state index is 0.824. The largest absolute Gasteiger partial charge is 0.316 e. The molecule has 0 aromatic rings. The first-order valence-corrected chi connectivity index (χ1v) is 7.27. The fourth-order valence-corrected chi connectivity index (χ4v) is 4.27. The normalized spacial score (nSPS) is 39.2. The van der Waals surface area contributed by atoms with Crippen LogP contribution in [0.1, 0.15) is 26.7 Å². The molecule has 2 nitrogen and oxygen atoms in total. The van der Waals surface area contributed by atoms with Crippen molar-refractivity contribution in [3.8, 4) is 0 Å². The van der Waals surface area contributed by atoms with E-state index < -0.39 is 0 Å². The lowest BCUT2D eigenvalue weighted by molar-refractivity contribution is 0.206. The fraction of sp³-hybridized carbons (Fsp3) is 1.00. The quantitative estimate of drug-likeness (QED) is 0.776. The van der Waals surface area contributed by atoms with Crippen molar-refractivity contribution in [1.82, 2.24) is 10.2 Å². The number of nitrogens with zero attached hydrogens (tertiary/aromatic N) is 1. The molecule has 2 aliphatic heterocycles. The van der Waals surface area contributed by atoms with E-state index in [4.69, 9.17) is 0 Å². The molecular formula is C12H24N2S. The average molecular weight is 228 g/mol. The van der Waals surface area contributed by atoms with Crippen LogP contribution in [-0.4, -0.2) is 48.1 Å². The predicted molar refractivity (Wildman–Crippen MR) is 68.5 cm³/mol. The Hall–Kier alpha value is 0.270. The third kappa shape index (κ3) is 3.65. The van der Waals surface area contributed by atoms with Gasteiger partial charge >= 0.3 is 0 Å². The molecule has 0 aliphatic carbocycles. The fourth-order valence-electron chi connectivity index (χ4n) is 2.88. The Labute approximate surface area is 98.2 Å². The van der Waals surface area contributed by atoms with Crippen molar-refractivity contribution in [1.29, 1.82) is 0 Å². The second-order valence-corrected chi connectivity index (χ2v) is 7.07. The molecule has 0 bridgehead atoms. The van der Waals surface area contributed by atoms with E-state index in [1.165, 1.54) is 45.6 Å². The summed E-state index contributed by atoms with van der Waals surface area (Å²) in [6.45, 7) is 11.1. The second-order valence-electron chi connectivity index (χ2n) is 5.19. The van der Waals surface area contributed by atoms with Gasteiger partial charge in [0.25, 0.3) is 0 Å². The maximum atomic E-state index is 3.51. The minimum atomic E-state index is 0.824. The lowest BCUT2D eigenvalue weighted by Gasteiger charge is -2.37. The van der Waals surface area contributed by atoms with Crippen LogP contribution < -0.4 is 5.32 Å². The lowest BCUT2D eigenvalue weighted by Crippen LogP contribution is -2.45. The van der Waals surface area contributed by atoms with Gasteiger partial charge in [-0.15, -0.1) is 0 Å². The number of hydrogen-bond donors (Lipinski definition) is 1. The highest BCUT2D eigenvalue weighted by molar-refractivity contribution is 8.00. The third-order valence-corrected chi connectivity index (χ3v) is 4.64. The number of piperidine rings is 1. The number of rotatable bonds is 2. The molecule has 2 heterocycles. The SMILES string of the molecule is CC1CN(CC2CCCNC2)CC(C)S1. The summed E-state index contributed by atoms with van der Waals surface area (Å²) in [4.78, 5) is 2.68. The van der Waals surface area contributed by atoms with E-state index in [1.807, 2.05) is 0 Å². The van der Waals surface area contributed by atoms with Crippen LogP contribution in [0.4, 0.5) is 0 Å². The van der Waals surface area contributed by atoms with E-state index in [2.05, 4.69) is 35.8 Å². The molecule has 3 atom stereocenters. The highest BCUT2D eigenvalue weighted by atomic mass is 32.2. The van der Waals surface area contributed by atoms with Gasteiger partial charge in [0.2, 0.25) is 0 Å². The highest BCUT2D eigenvalue weighted by Crippen LogP contribution is 2.25. The zero-order valence-corrected chi connectivity index (χ0v) is 10.9. The van der Waals surface area contributed by atoms with Crippen LogP contribution in [0.3, 0.4) is 0 Å². The van der Waals surface area contributed by atoms with Gasteiger partial charge in [0.05, 0.1) is 0 Å². The molecule has 2 saturated heterocycles. The molecule has 0 aromatic heterocycles. The van der Waals surface area contributed by atoms with E-state index in [-0.39, 0.29) is 0 Å². The molecule has 0 amide bonds. The Balaban J connectivity index is 1.77.